The molecule has 0 aliphatic heterocycles. The van der Waals surface area contributed by atoms with Gasteiger partial charge >= 0.3 is 11.9 Å². The fourth-order valence-electron chi connectivity index (χ4n) is 3.56. The zero-order valence-corrected chi connectivity index (χ0v) is 21.9. The van der Waals surface area contributed by atoms with Crippen molar-refractivity contribution in [1.29, 1.82) is 0 Å². The van der Waals surface area contributed by atoms with Crippen LogP contribution in [0.25, 0.3) is 0 Å². The van der Waals surface area contributed by atoms with Gasteiger partial charge < -0.3 is 20.4 Å². The molecule has 0 rings (SSSR count). The quantitative estimate of drug-likeness (QED) is 0.0967. The number of aliphatic hydroxyl groups is 2. The zero-order chi connectivity index (χ0) is 26.0. The number of aliphatic carboxylic acids is 2. The number of carbonyl (C=O) groups is 2. The topological polar surface area (TPSA) is 115 Å². The van der Waals surface area contributed by atoms with E-state index in [1.165, 1.54) is 110 Å². The molecule has 4 N–H and O–H groups in total. The van der Waals surface area contributed by atoms with Gasteiger partial charge in [0.15, 0.2) is 0 Å². The van der Waals surface area contributed by atoms with Crippen LogP contribution in [0, 0.1) is 0 Å². The lowest BCUT2D eigenvalue weighted by Gasteiger charge is -2.06. The van der Waals surface area contributed by atoms with Crippen molar-refractivity contribution in [3.05, 3.63) is 23.8 Å². The highest BCUT2D eigenvalue weighted by Crippen LogP contribution is 2.15. The average Bonchev–Trinajstić information content (AvgIpc) is 2.78. The summed E-state index contributed by atoms with van der Waals surface area (Å²) in [4.78, 5) is 20.3. The van der Waals surface area contributed by atoms with Crippen LogP contribution in [0.1, 0.15) is 129 Å². The molecule has 0 bridgehead atoms. The van der Waals surface area contributed by atoms with E-state index in [4.69, 9.17) is 15.3 Å². The zero-order valence-electron chi connectivity index (χ0n) is 21.9. The van der Waals surface area contributed by atoms with E-state index < -0.39 is 18.0 Å². The monoisotopic (exact) mass is 484 g/mol. The fourth-order valence-corrected chi connectivity index (χ4v) is 3.56. The van der Waals surface area contributed by atoms with Crippen LogP contribution in [0.2, 0.25) is 0 Å². The number of carboxylic acid groups (broad SMARTS) is 2. The van der Waals surface area contributed by atoms with E-state index in [1.54, 1.807) is 0 Å². The minimum Gasteiger partial charge on any atom is -0.478 e. The van der Waals surface area contributed by atoms with E-state index in [-0.39, 0.29) is 11.1 Å². The smallest absolute Gasteiger partial charge is 0.331 e. The van der Waals surface area contributed by atoms with Gasteiger partial charge in [0, 0.05) is 17.8 Å². The molecule has 0 saturated heterocycles. The van der Waals surface area contributed by atoms with Crippen LogP contribution in [0.5, 0.6) is 0 Å². The van der Waals surface area contributed by atoms with E-state index in [0.29, 0.717) is 13.0 Å². The van der Waals surface area contributed by atoms with Gasteiger partial charge in [0.05, 0.1) is 6.10 Å². The van der Waals surface area contributed by atoms with E-state index >= 15 is 0 Å². The van der Waals surface area contributed by atoms with Crippen molar-refractivity contribution in [2.75, 3.05) is 6.61 Å². The molecule has 34 heavy (non-hydrogen) atoms. The minimum atomic E-state index is -0.954. The molecule has 1 atom stereocenters. The Morgan fingerprint density at radius 3 is 1.21 bits per heavy atom. The number of carboxylic acids is 2. The van der Waals surface area contributed by atoms with Crippen LogP contribution >= 0.6 is 0 Å². The van der Waals surface area contributed by atoms with Crippen molar-refractivity contribution in [1.82, 2.24) is 0 Å². The van der Waals surface area contributed by atoms with E-state index in [0.717, 1.165) is 19.3 Å². The molecule has 0 amide bonds. The van der Waals surface area contributed by atoms with Gasteiger partial charge in [-0.2, -0.15) is 0 Å². The Bertz CT molecular complexity index is 529. The fraction of sp³-hybridized carbons (Fsp3) is 0.786. The molecule has 6 nitrogen and oxygen atoms in total. The molecule has 0 heterocycles. The molecule has 0 aliphatic carbocycles. The van der Waals surface area contributed by atoms with Crippen molar-refractivity contribution in [2.24, 2.45) is 0 Å². The Kier molecular flexibility index (Phi) is 26.3. The number of rotatable bonds is 22. The highest BCUT2D eigenvalue weighted by molar-refractivity contribution is 5.85. The third-order valence-corrected chi connectivity index (χ3v) is 5.80. The summed E-state index contributed by atoms with van der Waals surface area (Å²) in [5.41, 5.74) is 0.400. The second-order valence-corrected chi connectivity index (χ2v) is 9.33. The Labute approximate surface area is 208 Å². The first-order valence-corrected chi connectivity index (χ1v) is 13.3. The average molecular weight is 485 g/mol. The van der Waals surface area contributed by atoms with Crippen molar-refractivity contribution < 1.29 is 30.0 Å². The highest BCUT2D eigenvalue weighted by atomic mass is 16.4. The maximum Gasteiger partial charge on any atom is 0.331 e. The molecule has 0 radical (unpaired) electrons. The lowest BCUT2D eigenvalue weighted by molar-refractivity contribution is -0.133. The maximum atomic E-state index is 10.7. The summed E-state index contributed by atoms with van der Waals surface area (Å²) in [5.74, 6) is -1.89. The highest BCUT2D eigenvalue weighted by Gasteiger charge is 2.05. The lowest BCUT2D eigenvalue weighted by Crippen LogP contribution is -2.06. The molecule has 0 aromatic rings. The summed E-state index contributed by atoms with van der Waals surface area (Å²) in [6.07, 6.45) is 23.1. The van der Waals surface area contributed by atoms with Crippen LogP contribution < -0.4 is 0 Å². The number of hydrogen-bond donors (Lipinski definition) is 4. The van der Waals surface area contributed by atoms with Crippen molar-refractivity contribution in [3.8, 4) is 0 Å². The summed E-state index contributed by atoms with van der Waals surface area (Å²) >= 11 is 0. The molecule has 0 fully saturated rings. The van der Waals surface area contributed by atoms with Gasteiger partial charge in [-0.1, -0.05) is 109 Å². The van der Waals surface area contributed by atoms with Crippen LogP contribution in [0.4, 0.5) is 0 Å². The van der Waals surface area contributed by atoms with E-state index in [1.807, 2.05) is 0 Å². The Morgan fingerprint density at radius 1 is 0.647 bits per heavy atom. The Balaban J connectivity index is 0. The normalized spacial score (nSPS) is 12.1. The largest absolute Gasteiger partial charge is 0.478 e. The SMILES string of the molecule is C=C(C)C(=O)O.CC(=CC(O)CCCCCCCCCCCCCCCCCCCO)C(=O)O. The van der Waals surface area contributed by atoms with Gasteiger partial charge in [0.1, 0.15) is 0 Å². The molecule has 200 valence electrons. The van der Waals surface area contributed by atoms with Crippen molar-refractivity contribution in [2.45, 2.75) is 136 Å². The maximum absolute atomic E-state index is 10.7. The second-order valence-electron chi connectivity index (χ2n) is 9.33. The second kappa shape index (κ2) is 26.0. The standard InChI is InChI=1S/C24H46O4.C4H6O2/c1-22(24(27)28)21-23(26)19-17-15-13-11-9-7-5-3-2-4-6-8-10-12-14-16-18-20-25;1-3(2)4(5)6/h21,23,25-26H,2-20H2,1H3,(H,27,28);1H2,2H3,(H,5,6). The third kappa shape index (κ3) is 28.4. The molecule has 0 aliphatic rings. The molecule has 0 spiro atoms. The summed E-state index contributed by atoms with van der Waals surface area (Å²) < 4.78 is 0. The van der Waals surface area contributed by atoms with Crippen LogP contribution in [0.3, 0.4) is 0 Å². The summed E-state index contributed by atoms with van der Waals surface area (Å²) in [6, 6.07) is 0. The number of aliphatic hydroxyl groups excluding tert-OH is 2. The van der Waals surface area contributed by atoms with Gasteiger partial charge in [-0.3, -0.25) is 0 Å². The van der Waals surface area contributed by atoms with Crippen LogP contribution in [-0.4, -0.2) is 45.1 Å². The first-order valence-electron chi connectivity index (χ1n) is 13.3. The van der Waals surface area contributed by atoms with Gasteiger partial charge in [-0.15, -0.1) is 0 Å². The predicted molar refractivity (Wildman–Crippen MR) is 140 cm³/mol. The summed E-state index contributed by atoms with van der Waals surface area (Å²) in [5, 5.41) is 35.1. The van der Waals surface area contributed by atoms with Crippen molar-refractivity contribution in [3.63, 3.8) is 0 Å². The van der Waals surface area contributed by atoms with Gasteiger partial charge in [0.2, 0.25) is 0 Å². The first-order chi connectivity index (χ1) is 16.2. The van der Waals surface area contributed by atoms with Gasteiger partial charge in [-0.25, -0.2) is 9.59 Å². The molecule has 0 aromatic heterocycles. The minimum absolute atomic E-state index is 0.176. The summed E-state index contributed by atoms with van der Waals surface area (Å²) in [6.45, 7) is 6.47. The molecule has 1 unspecified atom stereocenters. The Morgan fingerprint density at radius 2 is 0.941 bits per heavy atom. The molecular formula is C28H52O6. The third-order valence-electron chi connectivity index (χ3n) is 5.80. The van der Waals surface area contributed by atoms with Crippen molar-refractivity contribution >= 4 is 11.9 Å². The van der Waals surface area contributed by atoms with Gasteiger partial charge in [-0.05, 0) is 32.8 Å². The molecule has 6 heteroatoms. The van der Waals surface area contributed by atoms with E-state index in [2.05, 4.69) is 6.58 Å². The predicted octanol–water partition coefficient (Wildman–Crippen LogP) is 7.04. The Hall–Kier alpha value is -1.66. The molecule has 0 aromatic carbocycles. The van der Waals surface area contributed by atoms with Gasteiger partial charge in [0.25, 0.3) is 0 Å². The molecular weight excluding hydrogens is 432 g/mol. The van der Waals surface area contributed by atoms with E-state index in [9.17, 15) is 14.7 Å². The van der Waals surface area contributed by atoms with Crippen LogP contribution in [0.15, 0.2) is 23.8 Å². The summed E-state index contributed by atoms with van der Waals surface area (Å²) in [7, 11) is 0. The number of hydrogen-bond acceptors (Lipinski definition) is 4. The number of unbranched alkanes of at least 4 members (excludes halogenated alkanes) is 16. The lowest BCUT2D eigenvalue weighted by atomic mass is 10.0. The first kappa shape index (κ1) is 34.5. The van der Waals surface area contributed by atoms with Crippen LogP contribution in [-0.2, 0) is 9.59 Å². The molecule has 0 saturated carbocycles.